The minimum atomic E-state index is -0.634. The van der Waals surface area contributed by atoms with Gasteiger partial charge in [0.1, 0.15) is 34.8 Å². The molecule has 5 aliphatic heterocycles. The molecule has 0 unspecified atom stereocenters. The van der Waals surface area contributed by atoms with Crippen LogP contribution in [0, 0.1) is 0 Å². The van der Waals surface area contributed by atoms with E-state index in [0.717, 1.165) is 132 Å². The van der Waals surface area contributed by atoms with Gasteiger partial charge in [-0.1, -0.05) is 23.7 Å². The van der Waals surface area contributed by atoms with Crippen molar-refractivity contribution in [1.82, 2.24) is 39.9 Å². The number of carbonyl (C=O) groups is 2. The third kappa shape index (κ3) is 9.41. The van der Waals surface area contributed by atoms with Crippen LogP contribution in [0.3, 0.4) is 0 Å². The SMILES string of the molecule is CC(C)(C)OC(=O)N1C(=N[C@@H](CCN2CCN(C(=O)CN3CCC(OC4CCNCC4)CC3)CC2)c2ccc(Cl)cc2)C12CCN(c1ncnc3[nH]ccc13)CC2. The van der Waals surface area contributed by atoms with Crippen LogP contribution in [0.25, 0.3) is 11.0 Å². The van der Waals surface area contributed by atoms with Crippen LogP contribution in [0.5, 0.6) is 0 Å². The second-order valence-corrected chi connectivity index (χ2v) is 17.8. The number of halogens is 1. The van der Waals surface area contributed by atoms with E-state index in [-0.39, 0.29) is 18.0 Å². The predicted molar refractivity (Wildman–Crippen MR) is 222 cm³/mol. The number of carbonyl (C=O) groups excluding carboxylic acids is 2. The largest absolute Gasteiger partial charge is 0.443 e. The summed E-state index contributed by atoms with van der Waals surface area (Å²) in [6, 6.07) is 9.74. The lowest BCUT2D eigenvalue weighted by molar-refractivity contribution is -0.135. The maximum Gasteiger partial charge on any atom is 0.416 e. The first-order valence-corrected chi connectivity index (χ1v) is 21.4. The first kappa shape index (κ1) is 40.0. The molecule has 1 spiro atoms. The summed E-state index contributed by atoms with van der Waals surface area (Å²) in [6.45, 7) is 15.5. The van der Waals surface area contributed by atoms with Crippen LogP contribution < -0.4 is 10.2 Å². The number of nitrogens with zero attached hydrogens (tertiary/aromatic N) is 8. The summed E-state index contributed by atoms with van der Waals surface area (Å²) in [5.74, 6) is 1.92. The average molecular weight is 803 g/mol. The van der Waals surface area contributed by atoms with Gasteiger partial charge in [0.25, 0.3) is 0 Å². The number of nitrogens with one attached hydrogen (secondary N) is 2. The van der Waals surface area contributed by atoms with Crippen molar-refractivity contribution in [3.63, 3.8) is 0 Å². The number of rotatable bonds is 10. The molecular weight excluding hydrogens is 744 g/mol. The summed E-state index contributed by atoms with van der Waals surface area (Å²) in [6.07, 6.45) is 10.2. The van der Waals surface area contributed by atoms with Crippen molar-refractivity contribution in [2.24, 2.45) is 4.99 Å². The lowest BCUT2D eigenvalue weighted by Crippen LogP contribution is -2.52. The zero-order valence-corrected chi connectivity index (χ0v) is 34.6. The highest BCUT2D eigenvalue weighted by molar-refractivity contribution is 6.30. The molecule has 0 radical (unpaired) electrons. The van der Waals surface area contributed by atoms with Crippen molar-refractivity contribution < 1.29 is 19.1 Å². The average Bonchev–Trinajstić information content (AvgIpc) is 3.51. The minimum absolute atomic E-state index is 0.178. The summed E-state index contributed by atoms with van der Waals surface area (Å²) in [5, 5.41) is 5.07. The molecular formula is C42H59ClN10O4. The van der Waals surface area contributed by atoms with Crippen LogP contribution in [-0.4, -0.2) is 154 Å². The van der Waals surface area contributed by atoms with Crippen molar-refractivity contribution in [2.45, 2.75) is 95.1 Å². The number of benzene rings is 1. The number of fused-ring (bicyclic) bond motifs is 1. The maximum atomic E-state index is 13.8. The molecule has 1 atom stereocenters. The van der Waals surface area contributed by atoms with Gasteiger partial charge in [0.2, 0.25) is 5.91 Å². The third-order valence-corrected chi connectivity index (χ3v) is 12.6. The van der Waals surface area contributed by atoms with E-state index in [2.05, 4.69) is 35.0 Å². The fraction of sp³-hybridized carbons (Fsp3) is 0.643. The predicted octanol–water partition coefficient (Wildman–Crippen LogP) is 5.11. The molecule has 14 nitrogen and oxygen atoms in total. The Labute approximate surface area is 341 Å². The van der Waals surface area contributed by atoms with Gasteiger partial charge >= 0.3 is 6.09 Å². The van der Waals surface area contributed by atoms with Crippen molar-refractivity contribution in [1.29, 1.82) is 0 Å². The molecule has 5 fully saturated rings. The molecule has 3 aromatic rings. The van der Waals surface area contributed by atoms with Gasteiger partial charge in [0.05, 0.1) is 30.2 Å². The second-order valence-electron chi connectivity index (χ2n) is 17.4. The highest BCUT2D eigenvalue weighted by Gasteiger charge is 2.65. The summed E-state index contributed by atoms with van der Waals surface area (Å²) >= 11 is 6.34. The molecule has 308 valence electrons. The lowest BCUT2D eigenvalue weighted by atomic mass is 9.95. The summed E-state index contributed by atoms with van der Waals surface area (Å²) in [4.78, 5) is 55.6. The Kier molecular flexibility index (Phi) is 12.1. The Morgan fingerprint density at radius 2 is 1.61 bits per heavy atom. The van der Waals surface area contributed by atoms with E-state index < -0.39 is 11.1 Å². The summed E-state index contributed by atoms with van der Waals surface area (Å²) in [5.41, 5.74) is 0.734. The monoisotopic (exact) mass is 802 g/mol. The van der Waals surface area contributed by atoms with E-state index in [9.17, 15) is 9.59 Å². The van der Waals surface area contributed by atoms with Gasteiger partial charge in [-0.2, -0.15) is 0 Å². The molecule has 2 amide bonds. The molecule has 0 bridgehead atoms. The normalized spacial score (nSPS) is 22.7. The molecule has 1 aromatic carbocycles. The van der Waals surface area contributed by atoms with E-state index in [0.29, 0.717) is 36.6 Å². The number of aromatic amines is 1. The van der Waals surface area contributed by atoms with Crippen LogP contribution in [0.1, 0.15) is 77.3 Å². The molecule has 7 heterocycles. The number of hydrogen-bond acceptors (Lipinski definition) is 11. The zero-order valence-electron chi connectivity index (χ0n) is 33.8. The van der Waals surface area contributed by atoms with Gasteiger partial charge in [0, 0.05) is 70.1 Å². The maximum absolute atomic E-state index is 13.8. The van der Waals surface area contributed by atoms with Crippen LogP contribution >= 0.6 is 11.6 Å². The lowest BCUT2D eigenvalue weighted by Gasteiger charge is -2.38. The van der Waals surface area contributed by atoms with E-state index in [1.54, 1.807) is 11.2 Å². The van der Waals surface area contributed by atoms with Gasteiger partial charge in [-0.05, 0) is 103 Å². The topological polar surface area (TPSA) is 135 Å². The number of aromatic nitrogens is 3. The number of amidine groups is 1. The molecule has 8 rings (SSSR count). The molecule has 2 aromatic heterocycles. The number of hydrogen-bond donors (Lipinski definition) is 2. The van der Waals surface area contributed by atoms with Gasteiger partial charge < -0.3 is 29.6 Å². The van der Waals surface area contributed by atoms with Crippen molar-refractivity contribution in [3.05, 3.63) is 53.4 Å². The molecule has 2 N–H and O–H groups in total. The van der Waals surface area contributed by atoms with Gasteiger partial charge in [-0.25, -0.2) is 19.7 Å². The molecule has 0 saturated carbocycles. The van der Waals surface area contributed by atoms with E-state index in [1.165, 1.54) is 0 Å². The number of anilines is 1. The third-order valence-electron chi connectivity index (χ3n) is 12.3. The summed E-state index contributed by atoms with van der Waals surface area (Å²) in [7, 11) is 0. The van der Waals surface area contributed by atoms with E-state index in [1.807, 2.05) is 62.2 Å². The zero-order chi connectivity index (χ0) is 39.6. The standard InChI is InChI=1S/C42H59ClN10O4/c1-41(2,3)57-40(55)53-39(42(53)14-22-52(23-15-42)38-34-10-18-45-37(34)46-29-47-38)48-35(30-4-6-31(43)7-5-30)13-21-49-24-26-51(27-25-49)36(54)28-50-19-11-33(12-20-50)56-32-8-16-44-17-9-32/h4-7,10,18,29,32-33,35,44H,8-9,11-17,19-28H2,1-3H3,(H,45,46,47)/t35-,53?/m0/s1. The number of ether oxygens (including phenoxy) is 2. The van der Waals surface area contributed by atoms with E-state index in [4.69, 9.17) is 26.1 Å². The van der Waals surface area contributed by atoms with Crippen molar-refractivity contribution >= 4 is 46.3 Å². The smallest absolute Gasteiger partial charge is 0.416 e. The fourth-order valence-corrected chi connectivity index (χ4v) is 9.19. The highest BCUT2D eigenvalue weighted by Crippen LogP contribution is 2.48. The highest BCUT2D eigenvalue weighted by atomic mass is 35.5. The Morgan fingerprint density at radius 3 is 2.32 bits per heavy atom. The van der Waals surface area contributed by atoms with Gasteiger partial charge in [-0.15, -0.1) is 0 Å². The molecule has 15 heteroatoms. The number of piperidine rings is 3. The van der Waals surface area contributed by atoms with Crippen LogP contribution in [0.15, 0.2) is 47.8 Å². The number of piperazine rings is 1. The Hall–Kier alpha value is -3.82. The van der Waals surface area contributed by atoms with Crippen molar-refractivity contribution in [3.8, 4) is 0 Å². The molecule has 5 saturated heterocycles. The Bertz CT molecular complexity index is 1870. The Balaban J connectivity index is 0.891. The van der Waals surface area contributed by atoms with Gasteiger partial charge in [0.15, 0.2) is 0 Å². The number of likely N-dealkylation sites (tertiary alicyclic amines) is 1. The first-order chi connectivity index (χ1) is 27.5. The minimum Gasteiger partial charge on any atom is -0.443 e. The number of amides is 2. The van der Waals surface area contributed by atoms with Gasteiger partial charge in [-0.3, -0.25) is 19.6 Å². The summed E-state index contributed by atoms with van der Waals surface area (Å²) < 4.78 is 12.3. The molecule has 0 aliphatic carbocycles. The van der Waals surface area contributed by atoms with Crippen LogP contribution in [0.2, 0.25) is 5.02 Å². The van der Waals surface area contributed by atoms with E-state index >= 15 is 0 Å². The van der Waals surface area contributed by atoms with Crippen molar-refractivity contribution in [2.75, 3.05) is 83.4 Å². The van der Waals surface area contributed by atoms with Crippen LogP contribution in [-0.2, 0) is 14.3 Å². The van der Waals surface area contributed by atoms with Crippen LogP contribution in [0.4, 0.5) is 10.6 Å². The quantitative estimate of drug-likeness (QED) is 0.267. The first-order valence-electron chi connectivity index (χ1n) is 21.0. The molecule has 5 aliphatic rings. The number of H-pyrrole nitrogens is 1. The molecule has 57 heavy (non-hydrogen) atoms. The Morgan fingerprint density at radius 1 is 0.912 bits per heavy atom. The number of aliphatic imine (C=N–C) groups is 1. The fourth-order valence-electron chi connectivity index (χ4n) is 9.06. The second kappa shape index (κ2) is 17.2.